The van der Waals surface area contributed by atoms with E-state index >= 15 is 0 Å². The Balaban J connectivity index is 2.22. The van der Waals surface area contributed by atoms with Gasteiger partial charge in [-0.15, -0.1) is 13.2 Å². The van der Waals surface area contributed by atoms with Crippen molar-refractivity contribution < 1.29 is 23.0 Å². The van der Waals surface area contributed by atoms with Crippen molar-refractivity contribution in [1.82, 2.24) is 4.90 Å². The van der Waals surface area contributed by atoms with Crippen LogP contribution in [0.5, 0.6) is 5.75 Å². The molecule has 0 bridgehead atoms. The lowest BCUT2D eigenvalue weighted by molar-refractivity contribution is -0.274. The summed E-state index contributed by atoms with van der Waals surface area (Å²) in [5.41, 5.74) is -0.654. The molecule has 0 amide bonds. The third kappa shape index (κ3) is 3.61. The molecule has 1 aliphatic heterocycles. The summed E-state index contributed by atoms with van der Waals surface area (Å²) in [7, 11) is 1.88. The van der Waals surface area contributed by atoms with Gasteiger partial charge in [0.15, 0.2) is 0 Å². The van der Waals surface area contributed by atoms with Gasteiger partial charge in [-0.05, 0) is 44.1 Å². The van der Waals surface area contributed by atoms with Crippen LogP contribution in [0.3, 0.4) is 0 Å². The van der Waals surface area contributed by atoms with Crippen LogP contribution in [0.1, 0.15) is 18.4 Å². The molecule has 1 aromatic carbocycles. The zero-order valence-electron chi connectivity index (χ0n) is 10.6. The van der Waals surface area contributed by atoms with Crippen LogP contribution >= 0.6 is 0 Å². The molecule has 1 N–H and O–H groups in total. The number of hydrogen-bond acceptors (Lipinski definition) is 3. The number of β-amino-alcohol motifs (C(OH)–C–C–N with tert-alkyl or cyclic N) is 1. The van der Waals surface area contributed by atoms with Gasteiger partial charge in [0.2, 0.25) is 0 Å². The van der Waals surface area contributed by atoms with E-state index in [1.165, 1.54) is 18.2 Å². The Bertz CT molecular complexity index is 450. The molecule has 1 saturated heterocycles. The fourth-order valence-electron chi connectivity index (χ4n) is 2.46. The molecular formula is C13H16F3NO2. The number of rotatable bonds is 2. The molecule has 0 saturated carbocycles. The minimum atomic E-state index is -4.72. The lowest BCUT2D eigenvalue weighted by atomic mass is 9.86. The van der Waals surface area contributed by atoms with Crippen molar-refractivity contribution in [2.45, 2.75) is 24.8 Å². The third-order valence-electron chi connectivity index (χ3n) is 3.27. The maximum absolute atomic E-state index is 12.2. The molecule has 106 valence electrons. The topological polar surface area (TPSA) is 32.7 Å². The van der Waals surface area contributed by atoms with Crippen molar-refractivity contribution in [2.24, 2.45) is 0 Å². The summed E-state index contributed by atoms with van der Waals surface area (Å²) in [6.07, 6.45) is -3.38. The highest BCUT2D eigenvalue weighted by Crippen LogP contribution is 2.33. The second-order valence-corrected chi connectivity index (χ2v) is 4.95. The number of likely N-dealkylation sites (N-methyl/N-ethyl adjacent to an activating group) is 1. The largest absolute Gasteiger partial charge is 0.573 e. The van der Waals surface area contributed by atoms with E-state index in [1.54, 1.807) is 6.07 Å². The molecule has 3 nitrogen and oxygen atoms in total. The first-order chi connectivity index (χ1) is 8.78. The fraction of sp³-hybridized carbons (Fsp3) is 0.538. The Labute approximate surface area is 109 Å². The number of nitrogens with zero attached hydrogens (tertiary/aromatic N) is 1. The van der Waals surface area contributed by atoms with E-state index < -0.39 is 12.0 Å². The Kier molecular flexibility index (Phi) is 3.73. The fourth-order valence-corrected chi connectivity index (χ4v) is 2.46. The van der Waals surface area contributed by atoms with Crippen LogP contribution in [0.2, 0.25) is 0 Å². The van der Waals surface area contributed by atoms with Gasteiger partial charge < -0.3 is 14.7 Å². The summed E-state index contributed by atoms with van der Waals surface area (Å²) in [5, 5.41) is 10.6. The Morgan fingerprint density at radius 3 is 2.74 bits per heavy atom. The van der Waals surface area contributed by atoms with Crippen molar-refractivity contribution >= 4 is 0 Å². The highest BCUT2D eigenvalue weighted by molar-refractivity contribution is 5.33. The minimum Gasteiger partial charge on any atom is -0.406 e. The van der Waals surface area contributed by atoms with Crippen LogP contribution in [0.4, 0.5) is 13.2 Å². The van der Waals surface area contributed by atoms with Crippen molar-refractivity contribution in [3.8, 4) is 5.75 Å². The average molecular weight is 275 g/mol. The maximum Gasteiger partial charge on any atom is 0.573 e. The summed E-state index contributed by atoms with van der Waals surface area (Å²) in [6.45, 7) is 1.28. The molecule has 1 heterocycles. The van der Waals surface area contributed by atoms with E-state index in [9.17, 15) is 18.3 Å². The standard InChI is InChI=1S/C13H16F3NO2/c1-17-7-3-6-12(18,9-17)10-4-2-5-11(8-10)19-13(14,15)16/h2,4-5,8,18H,3,6-7,9H2,1H3. The van der Waals surface area contributed by atoms with E-state index in [0.717, 1.165) is 13.0 Å². The van der Waals surface area contributed by atoms with E-state index in [1.807, 2.05) is 11.9 Å². The smallest absolute Gasteiger partial charge is 0.406 e. The molecule has 2 rings (SSSR count). The number of piperidine rings is 1. The first-order valence-electron chi connectivity index (χ1n) is 6.06. The highest BCUT2D eigenvalue weighted by Gasteiger charge is 2.35. The molecule has 19 heavy (non-hydrogen) atoms. The predicted octanol–water partition coefficient (Wildman–Crippen LogP) is 2.50. The van der Waals surface area contributed by atoms with Gasteiger partial charge in [0.05, 0.1) is 0 Å². The van der Waals surface area contributed by atoms with Crippen LogP contribution < -0.4 is 4.74 Å². The second kappa shape index (κ2) is 5.02. The first kappa shape index (κ1) is 14.1. The zero-order valence-corrected chi connectivity index (χ0v) is 10.6. The van der Waals surface area contributed by atoms with Crippen LogP contribution in [0, 0.1) is 0 Å². The quantitative estimate of drug-likeness (QED) is 0.900. The molecule has 0 radical (unpaired) electrons. The summed E-state index contributed by atoms with van der Waals surface area (Å²) < 4.78 is 40.4. The number of aliphatic hydroxyl groups is 1. The zero-order chi connectivity index (χ0) is 14.1. The minimum absolute atomic E-state index is 0.299. The summed E-state index contributed by atoms with van der Waals surface area (Å²) in [6, 6.07) is 5.57. The number of benzene rings is 1. The molecular weight excluding hydrogens is 259 g/mol. The van der Waals surface area contributed by atoms with E-state index in [-0.39, 0.29) is 5.75 Å². The number of hydrogen-bond donors (Lipinski definition) is 1. The van der Waals surface area contributed by atoms with Crippen LogP contribution in [0.15, 0.2) is 24.3 Å². The van der Waals surface area contributed by atoms with Crippen molar-refractivity contribution in [3.63, 3.8) is 0 Å². The normalized spacial score (nSPS) is 25.3. The molecule has 6 heteroatoms. The van der Waals surface area contributed by atoms with Gasteiger partial charge in [-0.3, -0.25) is 0 Å². The number of halogens is 3. The number of alkyl halides is 3. The van der Waals surface area contributed by atoms with E-state index in [2.05, 4.69) is 4.74 Å². The summed E-state index contributed by atoms with van der Waals surface area (Å²) in [5.74, 6) is -0.299. The van der Waals surface area contributed by atoms with Gasteiger partial charge >= 0.3 is 6.36 Å². The Hall–Kier alpha value is -1.27. The summed E-state index contributed by atoms with van der Waals surface area (Å²) in [4.78, 5) is 1.96. The SMILES string of the molecule is CN1CCCC(O)(c2cccc(OC(F)(F)F)c2)C1. The van der Waals surface area contributed by atoms with Crippen molar-refractivity contribution in [2.75, 3.05) is 20.1 Å². The van der Waals surface area contributed by atoms with Gasteiger partial charge in [0.1, 0.15) is 11.4 Å². The first-order valence-corrected chi connectivity index (χ1v) is 6.06. The van der Waals surface area contributed by atoms with Crippen LogP contribution in [-0.2, 0) is 5.60 Å². The third-order valence-corrected chi connectivity index (χ3v) is 3.27. The maximum atomic E-state index is 12.2. The second-order valence-electron chi connectivity index (χ2n) is 4.95. The number of ether oxygens (including phenoxy) is 1. The molecule has 0 aromatic heterocycles. The lowest BCUT2D eigenvalue weighted by Gasteiger charge is -2.37. The van der Waals surface area contributed by atoms with Gasteiger partial charge in [0, 0.05) is 6.54 Å². The van der Waals surface area contributed by atoms with E-state index in [4.69, 9.17) is 0 Å². The monoisotopic (exact) mass is 275 g/mol. The Morgan fingerprint density at radius 1 is 1.37 bits per heavy atom. The average Bonchev–Trinajstić information content (AvgIpc) is 2.26. The van der Waals surface area contributed by atoms with E-state index in [0.29, 0.717) is 18.5 Å². The van der Waals surface area contributed by atoms with Crippen molar-refractivity contribution in [3.05, 3.63) is 29.8 Å². The lowest BCUT2D eigenvalue weighted by Crippen LogP contribution is -2.44. The predicted molar refractivity (Wildman–Crippen MR) is 63.8 cm³/mol. The molecule has 1 atom stereocenters. The molecule has 1 aromatic rings. The Morgan fingerprint density at radius 2 is 2.11 bits per heavy atom. The molecule has 0 aliphatic carbocycles. The van der Waals surface area contributed by atoms with Gasteiger partial charge in [-0.2, -0.15) is 0 Å². The molecule has 1 aliphatic rings. The van der Waals surface area contributed by atoms with Crippen LogP contribution in [-0.4, -0.2) is 36.5 Å². The van der Waals surface area contributed by atoms with Gasteiger partial charge in [-0.1, -0.05) is 12.1 Å². The number of likely N-dealkylation sites (tertiary alicyclic amines) is 1. The molecule has 1 fully saturated rings. The van der Waals surface area contributed by atoms with Gasteiger partial charge in [0.25, 0.3) is 0 Å². The van der Waals surface area contributed by atoms with Crippen LogP contribution in [0.25, 0.3) is 0 Å². The van der Waals surface area contributed by atoms with Crippen molar-refractivity contribution in [1.29, 1.82) is 0 Å². The molecule has 0 spiro atoms. The summed E-state index contributed by atoms with van der Waals surface area (Å²) >= 11 is 0. The molecule has 1 unspecified atom stereocenters. The highest BCUT2D eigenvalue weighted by atomic mass is 19.4. The van der Waals surface area contributed by atoms with Gasteiger partial charge in [-0.25, -0.2) is 0 Å².